The molecule has 2 amide bonds. The molecule has 1 aromatic rings. The van der Waals surface area contributed by atoms with Crippen molar-refractivity contribution in [2.75, 3.05) is 40.3 Å². The fourth-order valence-corrected chi connectivity index (χ4v) is 2.84. The second-order valence-corrected chi connectivity index (χ2v) is 7.09. The number of nitrogens with one attached hydrogen (secondary N) is 1. The van der Waals surface area contributed by atoms with Gasteiger partial charge in [-0.15, -0.1) is 0 Å². The first-order valence-electron chi connectivity index (χ1n) is 8.86. The lowest BCUT2D eigenvalue weighted by Crippen LogP contribution is -2.56. The van der Waals surface area contributed by atoms with Crippen LogP contribution in [0.2, 0.25) is 0 Å². The summed E-state index contributed by atoms with van der Waals surface area (Å²) in [5, 5.41) is 13.1. The number of hydrogen-bond donors (Lipinski definition) is 2. The minimum absolute atomic E-state index is 0.00137. The molecule has 26 heavy (non-hydrogen) atoms. The van der Waals surface area contributed by atoms with E-state index < -0.39 is 6.10 Å². The van der Waals surface area contributed by atoms with E-state index in [4.69, 9.17) is 4.74 Å². The van der Waals surface area contributed by atoms with Crippen molar-refractivity contribution in [1.29, 1.82) is 0 Å². The highest BCUT2D eigenvalue weighted by Crippen LogP contribution is 2.16. The Morgan fingerprint density at radius 3 is 2.65 bits per heavy atom. The number of carbonyl (C=O) groups excluding carboxylic acids is 2. The van der Waals surface area contributed by atoms with Crippen LogP contribution in [-0.2, 0) is 9.59 Å². The van der Waals surface area contributed by atoms with Gasteiger partial charge in [-0.3, -0.25) is 14.5 Å². The zero-order chi connectivity index (χ0) is 19.3. The lowest BCUT2D eigenvalue weighted by molar-refractivity contribution is -0.131. The molecular weight excluding hydrogens is 334 g/mol. The van der Waals surface area contributed by atoms with Crippen LogP contribution in [0, 0.1) is 13.8 Å². The Morgan fingerprint density at radius 1 is 1.31 bits per heavy atom. The number of aliphatic hydroxyl groups is 1. The van der Waals surface area contributed by atoms with Crippen molar-refractivity contribution in [2.24, 2.45) is 0 Å². The number of β-amino-alcohol motifs (C(OH)–C–C–N with tert-alkyl or cyclic N) is 1. The fraction of sp³-hybridized carbons (Fsp3) is 0.579. The Hall–Kier alpha value is -2.12. The minimum atomic E-state index is -0.704. The summed E-state index contributed by atoms with van der Waals surface area (Å²) in [6.45, 7) is 5.22. The lowest BCUT2D eigenvalue weighted by Gasteiger charge is -2.36. The molecule has 0 aliphatic carbocycles. The molecule has 7 heteroatoms. The molecule has 1 fully saturated rings. The maximum absolute atomic E-state index is 12.1. The first-order chi connectivity index (χ1) is 12.3. The summed E-state index contributed by atoms with van der Waals surface area (Å²) in [5.74, 6) is 0.396. The number of ether oxygens (including phenoxy) is 1. The van der Waals surface area contributed by atoms with E-state index in [-0.39, 0.29) is 31.0 Å². The number of amides is 2. The van der Waals surface area contributed by atoms with Crippen LogP contribution >= 0.6 is 0 Å². The van der Waals surface area contributed by atoms with E-state index in [1.807, 2.05) is 36.9 Å². The summed E-state index contributed by atoms with van der Waals surface area (Å²) in [5.41, 5.74) is 2.28. The van der Waals surface area contributed by atoms with Crippen LogP contribution in [0.3, 0.4) is 0 Å². The van der Waals surface area contributed by atoms with Gasteiger partial charge in [0.1, 0.15) is 5.75 Å². The number of aryl methyl sites for hydroxylation is 2. The molecular formula is C19H29N3O4. The van der Waals surface area contributed by atoms with Gasteiger partial charge in [-0.25, -0.2) is 0 Å². The molecule has 0 aromatic heterocycles. The highest BCUT2D eigenvalue weighted by atomic mass is 16.5. The van der Waals surface area contributed by atoms with E-state index >= 15 is 0 Å². The molecule has 0 unspecified atom stereocenters. The van der Waals surface area contributed by atoms with Crippen molar-refractivity contribution in [3.05, 3.63) is 29.3 Å². The highest BCUT2D eigenvalue weighted by molar-refractivity contribution is 5.78. The van der Waals surface area contributed by atoms with Crippen LogP contribution in [-0.4, -0.2) is 79.2 Å². The van der Waals surface area contributed by atoms with Crippen LogP contribution in [0.15, 0.2) is 18.2 Å². The van der Waals surface area contributed by atoms with Gasteiger partial charge in [0, 0.05) is 27.2 Å². The molecule has 7 nitrogen and oxygen atoms in total. The van der Waals surface area contributed by atoms with E-state index in [0.29, 0.717) is 25.3 Å². The standard InChI is InChI=1S/C19H29N3O4/c1-13-5-6-15(9-14(13)2)26-12-18(24)20-16-7-8-22(10-17(16)23)11-19(25)21(3)4/h5-6,9,16-17,23H,7-8,10-12H2,1-4H3,(H,20,24)/t16-,17-/m1/s1. The van der Waals surface area contributed by atoms with Crippen molar-refractivity contribution >= 4 is 11.8 Å². The van der Waals surface area contributed by atoms with Gasteiger partial charge in [-0.1, -0.05) is 6.07 Å². The molecule has 1 aliphatic heterocycles. The van der Waals surface area contributed by atoms with Crippen LogP contribution in [0.4, 0.5) is 0 Å². The first-order valence-corrected chi connectivity index (χ1v) is 8.86. The summed E-state index contributed by atoms with van der Waals surface area (Å²) in [4.78, 5) is 27.3. The Balaban J connectivity index is 1.77. The molecule has 0 bridgehead atoms. The molecule has 0 radical (unpaired) electrons. The van der Waals surface area contributed by atoms with Crippen molar-refractivity contribution < 1.29 is 19.4 Å². The number of nitrogens with zero attached hydrogens (tertiary/aromatic N) is 2. The Morgan fingerprint density at radius 2 is 2.04 bits per heavy atom. The van der Waals surface area contributed by atoms with Gasteiger partial charge in [0.25, 0.3) is 5.91 Å². The third-order valence-electron chi connectivity index (χ3n) is 4.72. The number of benzene rings is 1. The molecule has 2 N–H and O–H groups in total. The van der Waals surface area contributed by atoms with Crippen LogP contribution in [0.5, 0.6) is 5.75 Å². The number of rotatable bonds is 6. The summed E-state index contributed by atoms with van der Waals surface area (Å²) in [7, 11) is 3.42. The molecule has 2 atom stereocenters. The van der Waals surface area contributed by atoms with Gasteiger partial charge in [0.05, 0.1) is 18.7 Å². The van der Waals surface area contributed by atoms with Gasteiger partial charge in [0.2, 0.25) is 5.91 Å². The largest absolute Gasteiger partial charge is 0.484 e. The fourth-order valence-electron chi connectivity index (χ4n) is 2.84. The predicted molar refractivity (Wildman–Crippen MR) is 99.1 cm³/mol. The number of carbonyl (C=O) groups is 2. The number of likely N-dealkylation sites (tertiary alicyclic amines) is 1. The van der Waals surface area contributed by atoms with E-state index in [0.717, 1.165) is 5.56 Å². The predicted octanol–water partition coefficient (Wildman–Crippen LogP) is 0.322. The normalized spacial score (nSPS) is 20.5. The lowest BCUT2D eigenvalue weighted by atomic mass is 10.0. The monoisotopic (exact) mass is 363 g/mol. The average Bonchev–Trinajstić information content (AvgIpc) is 2.58. The van der Waals surface area contributed by atoms with E-state index in [1.54, 1.807) is 14.1 Å². The van der Waals surface area contributed by atoms with Gasteiger partial charge in [0.15, 0.2) is 6.61 Å². The first kappa shape index (κ1) is 20.2. The maximum atomic E-state index is 12.1. The SMILES string of the molecule is Cc1ccc(OCC(=O)N[C@@H]2CCN(CC(=O)N(C)C)C[C@H]2O)cc1C. The molecule has 2 rings (SSSR count). The second kappa shape index (κ2) is 9.00. The van der Waals surface area contributed by atoms with E-state index in [9.17, 15) is 14.7 Å². The number of likely N-dealkylation sites (N-methyl/N-ethyl adjacent to an activating group) is 1. The third kappa shape index (κ3) is 5.71. The summed E-state index contributed by atoms with van der Waals surface area (Å²) in [6, 6.07) is 5.37. The molecule has 1 heterocycles. The molecule has 1 saturated heterocycles. The van der Waals surface area contributed by atoms with Gasteiger partial charge < -0.3 is 20.1 Å². The van der Waals surface area contributed by atoms with Crippen LogP contribution in [0.1, 0.15) is 17.5 Å². The Labute approximate surface area is 154 Å². The van der Waals surface area contributed by atoms with Crippen molar-refractivity contribution in [1.82, 2.24) is 15.1 Å². The van der Waals surface area contributed by atoms with Gasteiger partial charge >= 0.3 is 0 Å². The average molecular weight is 363 g/mol. The highest BCUT2D eigenvalue weighted by Gasteiger charge is 2.29. The van der Waals surface area contributed by atoms with Gasteiger partial charge in [-0.2, -0.15) is 0 Å². The number of hydrogen-bond acceptors (Lipinski definition) is 5. The summed E-state index contributed by atoms with van der Waals surface area (Å²) < 4.78 is 5.53. The molecule has 144 valence electrons. The van der Waals surface area contributed by atoms with Gasteiger partial charge in [-0.05, 0) is 43.5 Å². The van der Waals surface area contributed by atoms with E-state index in [1.165, 1.54) is 10.5 Å². The maximum Gasteiger partial charge on any atom is 0.258 e. The molecule has 1 aliphatic rings. The topological polar surface area (TPSA) is 82.1 Å². The third-order valence-corrected chi connectivity index (χ3v) is 4.72. The minimum Gasteiger partial charge on any atom is -0.484 e. The van der Waals surface area contributed by atoms with Crippen LogP contribution < -0.4 is 10.1 Å². The number of aliphatic hydroxyl groups excluding tert-OH is 1. The van der Waals surface area contributed by atoms with Crippen LogP contribution in [0.25, 0.3) is 0 Å². The molecule has 1 aromatic carbocycles. The Bertz CT molecular complexity index is 648. The number of piperidine rings is 1. The second-order valence-electron chi connectivity index (χ2n) is 7.09. The van der Waals surface area contributed by atoms with E-state index in [2.05, 4.69) is 5.32 Å². The zero-order valence-electron chi connectivity index (χ0n) is 16.0. The Kier molecular flexibility index (Phi) is 6.99. The summed E-state index contributed by atoms with van der Waals surface area (Å²) in [6.07, 6.45) is -0.110. The summed E-state index contributed by atoms with van der Waals surface area (Å²) >= 11 is 0. The van der Waals surface area contributed by atoms with Crippen molar-refractivity contribution in [2.45, 2.75) is 32.4 Å². The zero-order valence-corrected chi connectivity index (χ0v) is 16.0. The van der Waals surface area contributed by atoms with Crippen molar-refractivity contribution in [3.8, 4) is 5.75 Å². The van der Waals surface area contributed by atoms with Crippen molar-refractivity contribution in [3.63, 3.8) is 0 Å². The molecule has 0 saturated carbocycles. The quantitative estimate of drug-likeness (QED) is 0.761. The smallest absolute Gasteiger partial charge is 0.258 e. The molecule has 0 spiro atoms.